The Morgan fingerprint density at radius 2 is 2.00 bits per heavy atom. The van der Waals surface area contributed by atoms with Crippen LogP contribution in [0.1, 0.15) is 0 Å². The van der Waals surface area contributed by atoms with Gasteiger partial charge in [-0.15, -0.1) is 0 Å². The Balaban J connectivity index is 2.57. The van der Waals surface area contributed by atoms with Crippen LogP contribution in [0.15, 0.2) is 42.6 Å². The van der Waals surface area contributed by atoms with E-state index in [9.17, 15) is 5.11 Å². The molecule has 0 radical (unpaired) electrons. The summed E-state index contributed by atoms with van der Waals surface area (Å²) < 4.78 is 5.29. The molecule has 1 N–H and O–H groups in total. The number of hydrogen-bond acceptors (Lipinski definition) is 3. The summed E-state index contributed by atoms with van der Waals surface area (Å²) in [4.78, 5) is 4.33. The summed E-state index contributed by atoms with van der Waals surface area (Å²) in [5.41, 5.74) is 0.793. The molecule has 0 bridgehead atoms. The fourth-order valence-electron chi connectivity index (χ4n) is 2.12. The summed E-state index contributed by atoms with van der Waals surface area (Å²) in [6, 6.07) is 11.2. The van der Waals surface area contributed by atoms with Crippen LogP contribution in [0.25, 0.3) is 21.7 Å². The molecule has 84 valence electrons. The van der Waals surface area contributed by atoms with Gasteiger partial charge in [0, 0.05) is 17.0 Å². The first-order chi connectivity index (χ1) is 8.31. The maximum Gasteiger partial charge on any atom is 0.127 e. The van der Waals surface area contributed by atoms with Crippen molar-refractivity contribution in [2.45, 2.75) is 0 Å². The highest BCUT2D eigenvalue weighted by atomic mass is 16.5. The summed E-state index contributed by atoms with van der Waals surface area (Å²) in [6.07, 6.45) is 1.72. The van der Waals surface area contributed by atoms with E-state index in [-0.39, 0.29) is 5.75 Å². The van der Waals surface area contributed by atoms with Crippen molar-refractivity contribution in [2.24, 2.45) is 0 Å². The number of benzene rings is 2. The van der Waals surface area contributed by atoms with E-state index in [0.29, 0.717) is 0 Å². The Morgan fingerprint density at radius 3 is 2.82 bits per heavy atom. The standard InChI is InChI=1S/C14H11NO2/c1-17-12-7-6-11(16)13-10(12)5-4-9-3-2-8-15-14(9)13/h2-8,16H,1H3. The number of phenols is 1. The Kier molecular flexibility index (Phi) is 2.11. The van der Waals surface area contributed by atoms with E-state index in [0.717, 1.165) is 27.4 Å². The third kappa shape index (κ3) is 1.40. The molecule has 1 heterocycles. The average molecular weight is 225 g/mol. The number of methoxy groups -OCH3 is 1. The summed E-state index contributed by atoms with van der Waals surface area (Å²) in [6.45, 7) is 0. The Labute approximate surface area is 98.3 Å². The molecule has 0 unspecified atom stereocenters. The quantitative estimate of drug-likeness (QED) is 0.647. The van der Waals surface area contributed by atoms with Crippen molar-refractivity contribution in [2.75, 3.05) is 7.11 Å². The van der Waals surface area contributed by atoms with E-state index >= 15 is 0 Å². The lowest BCUT2D eigenvalue weighted by atomic mass is 10.0. The van der Waals surface area contributed by atoms with Crippen LogP contribution >= 0.6 is 0 Å². The van der Waals surface area contributed by atoms with Crippen LogP contribution in [0.4, 0.5) is 0 Å². The lowest BCUT2D eigenvalue weighted by Gasteiger charge is -2.09. The van der Waals surface area contributed by atoms with Crippen LogP contribution in [-0.2, 0) is 0 Å². The minimum absolute atomic E-state index is 0.227. The second-order valence-electron chi connectivity index (χ2n) is 3.85. The van der Waals surface area contributed by atoms with Gasteiger partial charge in [0.05, 0.1) is 18.0 Å². The van der Waals surface area contributed by atoms with Crippen LogP contribution in [0, 0.1) is 0 Å². The highest BCUT2D eigenvalue weighted by molar-refractivity contribution is 6.10. The molecule has 0 atom stereocenters. The molecule has 0 aliphatic rings. The normalized spacial score (nSPS) is 10.9. The number of aromatic hydroxyl groups is 1. The van der Waals surface area contributed by atoms with Gasteiger partial charge in [-0.1, -0.05) is 12.1 Å². The predicted molar refractivity (Wildman–Crippen MR) is 67.5 cm³/mol. The van der Waals surface area contributed by atoms with Crippen molar-refractivity contribution in [3.63, 3.8) is 0 Å². The van der Waals surface area contributed by atoms with Gasteiger partial charge < -0.3 is 9.84 Å². The van der Waals surface area contributed by atoms with Gasteiger partial charge in [-0.25, -0.2) is 0 Å². The third-order valence-corrected chi connectivity index (χ3v) is 2.91. The minimum Gasteiger partial charge on any atom is -0.507 e. The summed E-state index contributed by atoms with van der Waals surface area (Å²) in [7, 11) is 1.62. The number of pyridine rings is 1. The largest absolute Gasteiger partial charge is 0.507 e. The van der Waals surface area contributed by atoms with Crippen molar-refractivity contribution < 1.29 is 9.84 Å². The number of aromatic nitrogens is 1. The summed E-state index contributed by atoms with van der Waals surface area (Å²) >= 11 is 0. The van der Waals surface area contributed by atoms with Gasteiger partial charge in [0.15, 0.2) is 0 Å². The highest BCUT2D eigenvalue weighted by Gasteiger charge is 2.09. The second-order valence-corrected chi connectivity index (χ2v) is 3.85. The smallest absolute Gasteiger partial charge is 0.127 e. The van der Waals surface area contributed by atoms with Crippen molar-refractivity contribution in [1.82, 2.24) is 4.98 Å². The van der Waals surface area contributed by atoms with Crippen LogP contribution in [0.2, 0.25) is 0 Å². The zero-order valence-corrected chi connectivity index (χ0v) is 9.34. The highest BCUT2D eigenvalue weighted by Crippen LogP contribution is 2.36. The van der Waals surface area contributed by atoms with Crippen molar-refractivity contribution in [3.8, 4) is 11.5 Å². The topological polar surface area (TPSA) is 42.4 Å². The fourth-order valence-corrected chi connectivity index (χ4v) is 2.12. The second kappa shape index (κ2) is 3.63. The van der Waals surface area contributed by atoms with E-state index in [1.807, 2.05) is 24.3 Å². The van der Waals surface area contributed by atoms with E-state index < -0.39 is 0 Å². The Bertz CT molecular complexity index is 707. The molecule has 0 spiro atoms. The maximum atomic E-state index is 9.99. The number of fused-ring (bicyclic) bond motifs is 3. The van der Waals surface area contributed by atoms with E-state index in [2.05, 4.69) is 4.98 Å². The number of nitrogens with zero attached hydrogens (tertiary/aromatic N) is 1. The van der Waals surface area contributed by atoms with Crippen molar-refractivity contribution in [1.29, 1.82) is 0 Å². The fraction of sp³-hybridized carbons (Fsp3) is 0.0714. The third-order valence-electron chi connectivity index (χ3n) is 2.91. The van der Waals surface area contributed by atoms with Gasteiger partial charge in [-0.2, -0.15) is 0 Å². The van der Waals surface area contributed by atoms with Gasteiger partial charge in [0.1, 0.15) is 11.5 Å². The first-order valence-corrected chi connectivity index (χ1v) is 5.34. The van der Waals surface area contributed by atoms with Gasteiger partial charge in [0.2, 0.25) is 0 Å². The van der Waals surface area contributed by atoms with E-state index in [4.69, 9.17) is 4.74 Å². The minimum atomic E-state index is 0.227. The van der Waals surface area contributed by atoms with Crippen molar-refractivity contribution in [3.05, 3.63) is 42.6 Å². The van der Waals surface area contributed by atoms with E-state index in [1.165, 1.54) is 0 Å². The number of rotatable bonds is 1. The zero-order chi connectivity index (χ0) is 11.8. The molecule has 17 heavy (non-hydrogen) atoms. The molecule has 1 aromatic heterocycles. The maximum absolute atomic E-state index is 9.99. The zero-order valence-electron chi connectivity index (χ0n) is 9.34. The molecule has 3 nitrogen and oxygen atoms in total. The predicted octanol–water partition coefficient (Wildman–Crippen LogP) is 3.10. The van der Waals surface area contributed by atoms with Gasteiger partial charge in [0.25, 0.3) is 0 Å². The lowest BCUT2D eigenvalue weighted by molar-refractivity contribution is 0.418. The molecular formula is C14H11NO2. The Morgan fingerprint density at radius 1 is 1.12 bits per heavy atom. The number of hydrogen-bond donors (Lipinski definition) is 1. The SMILES string of the molecule is COc1ccc(O)c2c1ccc1cccnc12. The first-order valence-electron chi connectivity index (χ1n) is 5.34. The van der Waals surface area contributed by atoms with E-state index in [1.54, 1.807) is 25.4 Å². The molecule has 0 aliphatic carbocycles. The molecular weight excluding hydrogens is 214 g/mol. The molecule has 0 fully saturated rings. The van der Waals surface area contributed by atoms with Crippen LogP contribution < -0.4 is 4.74 Å². The summed E-state index contributed by atoms with van der Waals surface area (Å²) in [5.74, 6) is 0.968. The van der Waals surface area contributed by atoms with Crippen LogP contribution in [-0.4, -0.2) is 17.2 Å². The van der Waals surface area contributed by atoms with Crippen LogP contribution in [0.5, 0.6) is 11.5 Å². The monoisotopic (exact) mass is 225 g/mol. The number of phenolic OH excluding ortho intramolecular Hbond substituents is 1. The molecule has 0 saturated heterocycles. The van der Waals surface area contributed by atoms with Gasteiger partial charge in [-0.05, 0) is 24.3 Å². The molecule has 0 amide bonds. The molecule has 0 saturated carbocycles. The molecule has 0 aliphatic heterocycles. The average Bonchev–Trinajstić information content (AvgIpc) is 2.39. The van der Waals surface area contributed by atoms with Crippen molar-refractivity contribution >= 4 is 21.7 Å². The molecule has 3 heteroatoms. The lowest BCUT2D eigenvalue weighted by Crippen LogP contribution is -1.87. The Hall–Kier alpha value is -2.29. The van der Waals surface area contributed by atoms with Gasteiger partial charge >= 0.3 is 0 Å². The first kappa shape index (κ1) is 9.90. The number of ether oxygens (including phenoxy) is 1. The molecule has 2 aromatic carbocycles. The molecule has 3 aromatic rings. The molecule has 3 rings (SSSR count). The summed E-state index contributed by atoms with van der Waals surface area (Å²) in [5, 5.41) is 12.6. The van der Waals surface area contributed by atoms with Gasteiger partial charge in [-0.3, -0.25) is 4.98 Å². The van der Waals surface area contributed by atoms with Crippen LogP contribution in [0.3, 0.4) is 0 Å².